The molecule has 118 valence electrons. The summed E-state index contributed by atoms with van der Waals surface area (Å²) in [5, 5.41) is 1.31. The highest BCUT2D eigenvalue weighted by atomic mass is 32.2. The lowest BCUT2D eigenvalue weighted by atomic mass is 10.3. The van der Waals surface area contributed by atoms with Gasteiger partial charge in [-0.05, 0) is 33.8 Å². The SMILES string of the molecule is CCN(CC)c1ccncc1NS(=O)(=O)C(=O)NC(C)C. The number of sulfonamides is 1. The average molecular weight is 314 g/mol. The summed E-state index contributed by atoms with van der Waals surface area (Å²) < 4.78 is 26.3. The third kappa shape index (κ3) is 4.59. The Hall–Kier alpha value is -1.83. The first-order valence-electron chi connectivity index (χ1n) is 6.84. The topological polar surface area (TPSA) is 91.4 Å². The van der Waals surface area contributed by atoms with Gasteiger partial charge >= 0.3 is 15.3 Å². The normalized spacial score (nSPS) is 11.3. The lowest BCUT2D eigenvalue weighted by molar-refractivity contribution is 0.256. The van der Waals surface area contributed by atoms with Crippen molar-refractivity contribution in [1.82, 2.24) is 10.3 Å². The van der Waals surface area contributed by atoms with Crippen LogP contribution in [0.25, 0.3) is 0 Å². The predicted molar refractivity (Wildman–Crippen MR) is 84.0 cm³/mol. The van der Waals surface area contributed by atoms with Crippen molar-refractivity contribution in [2.24, 2.45) is 0 Å². The number of amides is 1. The van der Waals surface area contributed by atoms with E-state index >= 15 is 0 Å². The second-order valence-corrected chi connectivity index (χ2v) is 6.34. The van der Waals surface area contributed by atoms with Crippen LogP contribution in [-0.4, -0.2) is 37.8 Å². The summed E-state index contributed by atoms with van der Waals surface area (Å²) >= 11 is 0. The molecular weight excluding hydrogens is 292 g/mol. The van der Waals surface area contributed by atoms with E-state index in [0.717, 1.165) is 0 Å². The van der Waals surface area contributed by atoms with Crippen molar-refractivity contribution >= 4 is 26.6 Å². The van der Waals surface area contributed by atoms with Crippen LogP contribution in [0.2, 0.25) is 0 Å². The Morgan fingerprint density at radius 2 is 1.95 bits per heavy atom. The number of hydrogen-bond donors (Lipinski definition) is 2. The quantitative estimate of drug-likeness (QED) is 0.835. The summed E-state index contributed by atoms with van der Waals surface area (Å²) in [6.07, 6.45) is 2.98. The smallest absolute Gasteiger partial charge is 0.357 e. The molecule has 21 heavy (non-hydrogen) atoms. The number of anilines is 2. The molecule has 0 aliphatic rings. The van der Waals surface area contributed by atoms with Gasteiger partial charge in [-0.15, -0.1) is 0 Å². The summed E-state index contributed by atoms with van der Waals surface area (Å²) in [7, 11) is -4.15. The van der Waals surface area contributed by atoms with E-state index < -0.39 is 15.3 Å². The van der Waals surface area contributed by atoms with E-state index in [1.807, 2.05) is 18.7 Å². The van der Waals surface area contributed by atoms with Gasteiger partial charge in [-0.3, -0.25) is 14.5 Å². The molecule has 0 atom stereocenters. The average Bonchev–Trinajstić information content (AvgIpc) is 2.41. The van der Waals surface area contributed by atoms with Crippen molar-refractivity contribution in [1.29, 1.82) is 0 Å². The molecule has 1 heterocycles. The molecule has 8 heteroatoms. The zero-order valence-corrected chi connectivity index (χ0v) is 13.6. The van der Waals surface area contributed by atoms with Gasteiger partial charge in [-0.25, -0.2) is 0 Å². The maximum Gasteiger partial charge on any atom is 0.357 e. The highest BCUT2D eigenvalue weighted by Gasteiger charge is 2.24. The third-order valence-electron chi connectivity index (χ3n) is 2.80. The molecule has 1 aromatic rings. The molecule has 0 aromatic carbocycles. The van der Waals surface area contributed by atoms with Crippen LogP contribution in [0.1, 0.15) is 27.7 Å². The minimum absolute atomic E-state index is 0.259. The lowest BCUT2D eigenvalue weighted by Crippen LogP contribution is -2.38. The first kappa shape index (κ1) is 17.2. The molecular formula is C13H22N4O3S. The molecule has 1 rings (SSSR count). The Balaban J connectivity index is 3.05. The summed E-state index contributed by atoms with van der Waals surface area (Å²) in [6, 6.07) is 1.45. The van der Waals surface area contributed by atoms with Gasteiger partial charge in [-0.1, -0.05) is 0 Å². The molecule has 0 radical (unpaired) electrons. The van der Waals surface area contributed by atoms with Crippen LogP contribution in [0.4, 0.5) is 16.2 Å². The lowest BCUT2D eigenvalue weighted by Gasteiger charge is -2.23. The van der Waals surface area contributed by atoms with Gasteiger partial charge in [0.05, 0.1) is 17.6 Å². The van der Waals surface area contributed by atoms with Crippen LogP contribution < -0.4 is 14.9 Å². The number of nitrogens with one attached hydrogen (secondary N) is 2. The Morgan fingerprint density at radius 3 is 2.48 bits per heavy atom. The summed E-state index contributed by atoms with van der Waals surface area (Å²) in [4.78, 5) is 17.6. The van der Waals surface area contributed by atoms with E-state index in [4.69, 9.17) is 0 Å². The van der Waals surface area contributed by atoms with Crippen molar-refractivity contribution < 1.29 is 13.2 Å². The third-order valence-corrected chi connectivity index (χ3v) is 3.89. The van der Waals surface area contributed by atoms with E-state index in [9.17, 15) is 13.2 Å². The van der Waals surface area contributed by atoms with Gasteiger partial charge in [0.2, 0.25) is 0 Å². The van der Waals surface area contributed by atoms with Gasteiger partial charge in [-0.2, -0.15) is 8.42 Å². The Morgan fingerprint density at radius 1 is 1.33 bits per heavy atom. The van der Waals surface area contributed by atoms with Crippen LogP contribution in [-0.2, 0) is 10.0 Å². The minimum Gasteiger partial charge on any atom is -0.370 e. The zero-order chi connectivity index (χ0) is 16.0. The molecule has 0 aliphatic heterocycles. The molecule has 1 amide bonds. The predicted octanol–water partition coefficient (Wildman–Crippen LogP) is 1.79. The zero-order valence-electron chi connectivity index (χ0n) is 12.8. The van der Waals surface area contributed by atoms with Crippen molar-refractivity contribution in [3.05, 3.63) is 18.5 Å². The summed E-state index contributed by atoms with van der Waals surface area (Å²) in [5.41, 5.74) is 0.982. The number of carbonyl (C=O) groups is 1. The van der Waals surface area contributed by atoms with Gasteiger partial charge in [0, 0.05) is 25.3 Å². The van der Waals surface area contributed by atoms with Gasteiger partial charge < -0.3 is 10.2 Å². The van der Waals surface area contributed by atoms with Crippen molar-refractivity contribution in [2.75, 3.05) is 22.7 Å². The van der Waals surface area contributed by atoms with Crippen molar-refractivity contribution in [3.63, 3.8) is 0 Å². The Kier molecular flexibility index (Phi) is 5.95. The number of carbonyl (C=O) groups excluding carboxylic acids is 1. The van der Waals surface area contributed by atoms with E-state index in [-0.39, 0.29) is 6.04 Å². The van der Waals surface area contributed by atoms with Crippen molar-refractivity contribution in [2.45, 2.75) is 33.7 Å². The fourth-order valence-electron chi connectivity index (χ4n) is 1.81. The highest BCUT2D eigenvalue weighted by Crippen LogP contribution is 2.25. The molecule has 0 saturated carbocycles. The number of pyridine rings is 1. The van der Waals surface area contributed by atoms with E-state index in [0.29, 0.717) is 24.5 Å². The van der Waals surface area contributed by atoms with Crippen LogP contribution >= 0.6 is 0 Å². The number of hydrogen-bond acceptors (Lipinski definition) is 5. The molecule has 0 aliphatic carbocycles. The molecule has 7 nitrogen and oxygen atoms in total. The molecule has 0 unspecified atom stereocenters. The molecule has 0 spiro atoms. The minimum atomic E-state index is -4.15. The van der Waals surface area contributed by atoms with E-state index in [2.05, 4.69) is 15.0 Å². The van der Waals surface area contributed by atoms with Crippen molar-refractivity contribution in [3.8, 4) is 0 Å². The fourth-order valence-corrected chi connectivity index (χ4v) is 2.74. The molecule has 0 saturated heterocycles. The largest absolute Gasteiger partial charge is 0.370 e. The van der Waals surface area contributed by atoms with Crippen LogP contribution in [0.15, 0.2) is 18.5 Å². The van der Waals surface area contributed by atoms with Gasteiger partial charge in [0.15, 0.2) is 0 Å². The maximum atomic E-state index is 12.0. The number of rotatable bonds is 6. The maximum absolute atomic E-state index is 12.0. The highest BCUT2D eigenvalue weighted by molar-refractivity contribution is 8.07. The molecule has 0 bridgehead atoms. The van der Waals surface area contributed by atoms with E-state index in [1.165, 1.54) is 6.20 Å². The van der Waals surface area contributed by atoms with Crippen LogP contribution in [0, 0.1) is 0 Å². The second-order valence-electron chi connectivity index (χ2n) is 4.76. The number of aromatic nitrogens is 1. The second kappa shape index (κ2) is 7.26. The summed E-state index contributed by atoms with van der Waals surface area (Å²) in [6.45, 7) is 8.75. The van der Waals surface area contributed by atoms with Crippen LogP contribution in [0.3, 0.4) is 0 Å². The molecule has 0 fully saturated rings. The molecule has 1 aromatic heterocycles. The fraction of sp³-hybridized carbons (Fsp3) is 0.538. The van der Waals surface area contributed by atoms with E-state index in [1.54, 1.807) is 26.1 Å². The Bertz CT molecular complexity index is 583. The van der Waals surface area contributed by atoms with Crippen LogP contribution in [0.5, 0.6) is 0 Å². The molecule has 2 N–H and O–H groups in total. The Labute approximate surface area is 125 Å². The standard InChI is InChI=1S/C13H22N4O3S/c1-5-17(6-2)12-7-8-14-9-11(12)16-21(19,20)13(18)15-10(3)4/h7-10,16H,5-6H2,1-4H3,(H,15,18). The first-order chi connectivity index (χ1) is 9.81. The monoisotopic (exact) mass is 314 g/mol. The van der Waals surface area contributed by atoms with Gasteiger partial charge in [0.1, 0.15) is 0 Å². The van der Waals surface area contributed by atoms with Gasteiger partial charge in [0.25, 0.3) is 0 Å². The first-order valence-corrected chi connectivity index (χ1v) is 8.32. The number of nitrogens with zero attached hydrogens (tertiary/aromatic N) is 2. The summed E-state index contributed by atoms with van der Waals surface area (Å²) in [5.74, 6) is 0.